The van der Waals surface area contributed by atoms with Gasteiger partial charge < -0.3 is 15.2 Å². The monoisotopic (exact) mass is 381 g/mol. The minimum atomic E-state index is -1.12. The Hall–Kier alpha value is -2.24. The largest absolute Gasteiger partial charge is 0.480 e. The standard InChI is InChI=1S/C18H17Cl2NO4/c1-11(25-16-8-7-13(19)10-14(16)20)17(22)21-15(18(23)24)9-12-5-3-2-4-6-12/h2-8,10-11,15H,9H2,1H3,(H,21,22)(H,23,24)/t11?,15-/m0/s1. The Morgan fingerprint density at radius 2 is 1.84 bits per heavy atom. The first-order valence-electron chi connectivity index (χ1n) is 7.55. The van der Waals surface area contributed by atoms with Crippen molar-refractivity contribution in [3.05, 3.63) is 64.1 Å². The van der Waals surface area contributed by atoms with Crippen LogP contribution >= 0.6 is 23.2 Å². The first-order valence-corrected chi connectivity index (χ1v) is 8.31. The third-order valence-corrected chi connectivity index (χ3v) is 3.99. The fourth-order valence-corrected chi connectivity index (χ4v) is 2.61. The average molecular weight is 382 g/mol. The molecular formula is C18H17Cl2NO4. The van der Waals surface area contributed by atoms with Gasteiger partial charge in [0.1, 0.15) is 11.8 Å². The Bertz CT molecular complexity index is 752. The van der Waals surface area contributed by atoms with E-state index < -0.39 is 24.0 Å². The lowest BCUT2D eigenvalue weighted by Crippen LogP contribution is -2.47. The van der Waals surface area contributed by atoms with E-state index in [1.807, 2.05) is 18.2 Å². The van der Waals surface area contributed by atoms with Gasteiger partial charge in [-0.25, -0.2) is 4.79 Å². The van der Waals surface area contributed by atoms with E-state index >= 15 is 0 Å². The number of aliphatic carboxylic acids is 1. The summed E-state index contributed by atoms with van der Waals surface area (Å²) in [6.07, 6.45) is -0.743. The van der Waals surface area contributed by atoms with E-state index in [1.54, 1.807) is 24.3 Å². The fraction of sp³-hybridized carbons (Fsp3) is 0.222. The molecular weight excluding hydrogens is 365 g/mol. The van der Waals surface area contributed by atoms with Gasteiger partial charge in [0.2, 0.25) is 0 Å². The lowest BCUT2D eigenvalue weighted by Gasteiger charge is -2.19. The van der Waals surface area contributed by atoms with Crippen LogP contribution in [0.1, 0.15) is 12.5 Å². The smallest absolute Gasteiger partial charge is 0.326 e. The summed E-state index contributed by atoms with van der Waals surface area (Å²) in [5.74, 6) is -1.37. The number of carbonyl (C=O) groups is 2. The van der Waals surface area contributed by atoms with E-state index in [-0.39, 0.29) is 11.4 Å². The minimum absolute atomic E-state index is 0.177. The summed E-state index contributed by atoms with van der Waals surface area (Å²) in [7, 11) is 0. The molecule has 0 aliphatic heterocycles. The number of hydrogen-bond acceptors (Lipinski definition) is 3. The lowest BCUT2D eigenvalue weighted by atomic mass is 10.1. The van der Waals surface area contributed by atoms with Gasteiger partial charge in [0.25, 0.3) is 5.91 Å². The maximum Gasteiger partial charge on any atom is 0.326 e. The van der Waals surface area contributed by atoms with Crippen molar-refractivity contribution < 1.29 is 19.4 Å². The molecule has 0 aromatic heterocycles. The Balaban J connectivity index is 2.01. The van der Waals surface area contributed by atoms with Crippen LogP contribution in [0, 0.1) is 0 Å². The summed E-state index contributed by atoms with van der Waals surface area (Å²) in [6, 6.07) is 12.6. The molecule has 132 valence electrons. The van der Waals surface area contributed by atoms with Gasteiger partial charge in [-0.2, -0.15) is 0 Å². The third kappa shape index (κ3) is 5.66. The molecule has 0 spiro atoms. The number of carbonyl (C=O) groups excluding carboxylic acids is 1. The van der Waals surface area contributed by atoms with Crippen molar-refractivity contribution in [3.8, 4) is 5.75 Å². The van der Waals surface area contributed by atoms with Gasteiger partial charge in [-0.05, 0) is 30.7 Å². The van der Waals surface area contributed by atoms with Crippen LogP contribution in [0.3, 0.4) is 0 Å². The molecule has 0 fully saturated rings. The number of hydrogen-bond donors (Lipinski definition) is 2. The van der Waals surface area contributed by atoms with Crippen molar-refractivity contribution in [3.63, 3.8) is 0 Å². The van der Waals surface area contributed by atoms with Crippen molar-refractivity contribution in [2.24, 2.45) is 0 Å². The molecule has 0 saturated carbocycles. The third-order valence-electron chi connectivity index (χ3n) is 3.46. The zero-order valence-corrected chi connectivity index (χ0v) is 14.9. The Morgan fingerprint density at radius 1 is 1.16 bits per heavy atom. The molecule has 2 aromatic carbocycles. The number of rotatable bonds is 7. The van der Waals surface area contributed by atoms with E-state index in [4.69, 9.17) is 27.9 Å². The van der Waals surface area contributed by atoms with Gasteiger partial charge >= 0.3 is 5.97 Å². The Labute approximate surface area is 155 Å². The number of amides is 1. The van der Waals surface area contributed by atoms with Crippen LogP contribution in [-0.2, 0) is 16.0 Å². The zero-order chi connectivity index (χ0) is 18.4. The molecule has 1 amide bonds. The van der Waals surface area contributed by atoms with Crippen LogP contribution in [0.2, 0.25) is 10.0 Å². The maximum absolute atomic E-state index is 12.3. The van der Waals surface area contributed by atoms with E-state index in [2.05, 4.69) is 5.32 Å². The van der Waals surface area contributed by atoms with Gasteiger partial charge in [-0.1, -0.05) is 53.5 Å². The number of nitrogens with one attached hydrogen (secondary N) is 1. The predicted octanol–water partition coefficient (Wildman–Crippen LogP) is 3.57. The van der Waals surface area contributed by atoms with Crippen LogP contribution in [-0.4, -0.2) is 29.1 Å². The number of halogens is 2. The van der Waals surface area contributed by atoms with Gasteiger partial charge in [-0.3, -0.25) is 4.79 Å². The minimum Gasteiger partial charge on any atom is -0.480 e. The predicted molar refractivity (Wildman–Crippen MR) is 96.3 cm³/mol. The summed E-state index contributed by atoms with van der Waals surface area (Å²) in [4.78, 5) is 23.7. The average Bonchev–Trinajstić information content (AvgIpc) is 2.57. The summed E-state index contributed by atoms with van der Waals surface area (Å²) < 4.78 is 5.50. The molecule has 2 N–H and O–H groups in total. The van der Waals surface area contributed by atoms with Crippen LogP contribution in [0.5, 0.6) is 5.75 Å². The second kappa shape index (κ2) is 8.74. The molecule has 2 aromatic rings. The topological polar surface area (TPSA) is 75.6 Å². The van der Waals surface area contributed by atoms with Crippen molar-refractivity contribution in [2.75, 3.05) is 0 Å². The molecule has 5 nitrogen and oxygen atoms in total. The van der Waals surface area contributed by atoms with Crippen molar-refractivity contribution in [2.45, 2.75) is 25.5 Å². The first-order chi connectivity index (χ1) is 11.9. The van der Waals surface area contributed by atoms with Crippen LogP contribution in [0.15, 0.2) is 48.5 Å². The van der Waals surface area contributed by atoms with Crippen LogP contribution < -0.4 is 10.1 Å². The quantitative estimate of drug-likeness (QED) is 0.768. The second-order valence-corrected chi connectivity index (χ2v) is 6.27. The summed E-state index contributed by atoms with van der Waals surface area (Å²) >= 11 is 11.8. The molecule has 1 unspecified atom stereocenters. The van der Waals surface area contributed by atoms with Crippen molar-refractivity contribution in [1.29, 1.82) is 0 Å². The van der Waals surface area contributed by atoms with Crippen molar-refractivity contribution in [1.82, 2.24) is 5.32 Å². The number of ether oxygens (including phenoxy) is 1. The van der Waals surface area contributed by atoms with E-state index in [9.17, 15) is 14.7 Å². The first kappa shape index (κ1) is 19.1. The molecule has 0 bridgehead atoms. The van der Waals surface area contributed by atoms with E-state index in [1.165, 1.54) is 13.0 Å². The number of carboxylic acids is 1. The number of carboxylic acid groups (broad SMARTS) is 1. The SMILES string of the molecule is CC(Oc1ccc(Cl)cc1Cl)C(=O)N[C@@H](Cc1ccccc1)C(=O)O. The van der Waals surface area contributed by atoms with Gasteiger partial charge in [0.15, 0.2) is 6.10 Å². The highest BCUT2D eigenvalue weighted by Gasteiger charge is 2.24. The van der Waals surface area contributed by atoms with Crippen LogP contribution in [0.25, 0.3) is 0 Å². The van der Waals surface area contributed by atoms with E-state index in [0.717, 1.165) is 5.56 Å². The highest BCUT2D eigenvalue weighted by molar-refractivity contribution is 6.35. The maximum atomic E-state index is 12.3. The molecule has 0 saturated heterocycles. The Morgan fingerprint density at radius 3 is 2.44 bits per heavy atom. The fourth-order valence-electron chi connectivity index (χ4n) is 2.15. The molecule has 0 aliphatic rings. The molecule has 0 heterocycles. The number of benzene rings is 2. The zero-order valence-electron chi connectivity index (χ0n) is 13.4. The Kier molecular flexibility index (Phi) is 6.67. The molecule has 25 heavy (non-hydrogen) atoms. The summed E-state index contributed by atoms with van der Waals surface area (Å²) in [5, 5.41) is 12.5. The highest BCUT2D eigenvalue weighted by atomic mass is 35.5. The second-order valence-electron chi connectivity index (χ2n) is 5.42. The molecule has 7 heteroatoms. The molecule has 2 atom stereocenters. The molecule has 0 radical (unpaired) electrons. The summed E-state index contributed by atoms with van der Waals surface area (Å²) in [5.41, 5.74) is 0.810. The summed E-state index contributed by atoms with van der Waals surface area (Å²) in [6.45, 7) is 1.52. The van der Waals surface area contributed by atoms with E-state index in [0.29, 0.717) is 10.8 Å². The van der Waals surface area contributed by atoms with Gasteiger partial charge in [0.05, 0.1) is 5.02 Å². The van der Waals surface area contributed by atoms with Crippen LogP contribution in [0.4, 0.5) is 0 Å². The van der Waals surface area contributed by atoms with Crippen molar-refractivity contribution >= 4 is 35.1 Å². The van der Waals surface area contributed by atoms with Gasteiger partial charge in [0, 0.05) is 11.4 Å². The van der Waals surface area contributed by atoms with Gasteiger partial charge in [-0.15, -0.1) is 0 Å². The molecule has 0 aliphatic carbocycles. The normalized spacial score (nSPS) is 12.9. The molecule has 2 rings (SSSR count). The lowest BCUT2D eigenvalue weighted by molar-refractivity contribution is -0.142. The highest BCUT2D eigenvalue weighted by Crippen LogP contribution is 2.28.